The Morgan fingerprint density at radius 3 is 2.80 bits per heavy atom. The highest BCUT2D eigenvalue weighted by Gasteiger charge is 2.30. The zero-order valence-electron chi connectivity index (χ0n) is 11.5. The van der Waals surface area contributed by atoms with E-state index in [0.29, 0.717) is 0 Å². The molecule has 0 aliphatic carbocycles. The largest absolute Gasteiger partial charge is 0.352 e. The number of thiophene rings is 1. The summed E-state index contributed by atoms with van der Waals surface area (Å²) in [6, 6.07) is 3.25. The molecule has 1 aliphatic heterocycles. The Bertz CT molecular complexity index is 631. The van der Waals surface area contributed by atoms with E-state index >= 15 is 0 Å². The first-order chi connectivity index (χ1) is 9.41. The first-order valence-corrected chi connectivity index (χ1v) is 6.72. The molecule has 0 atom stereocenters. The number of urea groups is 1. The molecule has 2 rings (SSSR count). The maximum Gasteiger partial charge on any atom is 0.352 e. The van der Waals surface area contributed by atoms with Crippen molar-refractivity contribution < 1.29 is 9.59 Å². The van der Waals surface area contributed by atoms with Crippen molar-refractivity contribution in [2.45, 2.75) is 6.92 Å². The fourth-order valence-electron chi connectivity index (χ4n) is 1.69. The highest BCUT2D eigenvalue weighted by molar-refractivity contribution is 7.12. The van der Waals surface area contributed by atoms with Gasteiger partial charge >= 0.3 is 6.03 Å². The van der Waals surface area contributed by atoms with Crippen LogP contribution in [-0.4, -0.2) is 47.5 Å². The van der Waals surface area contributed by atoms with E-state index in [4.69, 9.17) is 0 Å². The molecular formula is C13H14N4O2S. The van der Waals surface area contributed by atoms with Crippen LogP contribution in [0.25, 0.3) is 0 Å². The van der Waals surface area contributed by atoms with Gasteiger partial charge in [-0.15, -0.1) is 11.3 Å². The molecule has 0 saturated heterocycles. The number of hydrazone groups is 1. The number of carbonyl (C=O) groups excluding carboxylic acids is 2. The fraction of sp³-hybridized carbons (Fsp3) is 0.231. The summed E-state index contributed by atoms with van der Waals surface area (Å²) in [5.74, 6) is -0.287. The van der Waals surface area contributed by atoms with E-state index in [0.717, 1.165) is 15.5 Å². The third kappa shape index (κ3) is 2.53. The number of likely N-dealkylation sites (N-methyl/N-ethyl adjacent to an activating group) is 2. The van der Waals surface area contributed by atoms with Gasteiger partial charge in [-0.3, -0.25) is 9.69 Å². The molecule has 1 aromatic rings. The molecule has 1 aromatic heterocycles. The zero-order valence-corrected chi connectivity index (χ0v) is 12.3. The average molecular weight is 290 g/mol. The number of amides is 3. The number of hydrogen-bond acceptors (Lipinski definition) is 5. The van der Waals surface area contributed by atoms with Crippen LogP contribution >= 0.6 is 11.3 Å². The third-order valence-electron chi connectivity index (χ3n) is 2.81. The first-order valence-electron chi connectivity index (χ1n) is 5.84. The molecule has 6 nitrogen and oxygen atoms in total. The SMILES string of the molecule is C=C1C(=O)N(C)C(=O)N=C1N(C)/N=C(\C)c1cccs1. The molecule has 0 unspecified atom stereocenters. The van der Waals surface area contributed by atoms with Gasteiger partial charge in [-0.25, -0.2) is 9.80 Å². The molecule has 104 valence electrons. The quantitative estimate of drug-likeness (QED) is 0.475. The second-order valence-electron chi connectivity index (χ2n) is 4.25. The lowest BCUT2D eigenvalue weighted by molar-refractivity contribution is -0.122. The molecule has 7 heteroatoms. The normalized spacial score (nSPS) is 16.6. The van der Waals surface area contributed by atoms with Gasteiger partial charge in [-0.2, -0.15) is 10.1 Å². The monoisotopic (exact) mass is 290 g/mol. The first kappa shape index (κ1) is 14.1. The van der Waals surface area contributed by atoms with E-state index in [-0.39, 0.29) is 11.4 Å². The predicted molar refractivity (Wildman–Crippen MR) is 79.0 cm³/mol. The predicted octanol–water partition coefficient (Wildman–Crippen LogP) is 1.95. The summed E-state index contributed by atoms with van der Waals surface area (Å²) in [6.07, 6.45) is 0. The Morgan fingerprint density at radius 2 is 2.20 bits per heavy atom. The Kier molecular flexibility index (Phi) is 3.80. The van der Waals surface area contributed by atoms with Crippen LogP contribution in [0.15, 0.2) is 39.8 Å². The van der Waals surface area contributed by atoms with Gasteiger partial charge < -0.3 is 0 Å². The van der Waals surface area contributed by atoms with E-state index in [1.807, 2.05) is 24.4 Å². The molecule has 0 spiro atoms. The van der Waals surface area contributed by atoms with Crippen molar-refractivity contribution in [3.8, 4) is 0 Å². The lowest BCUT2D eigenvalue weighted by Gasteiger charge is -2.24. The standard InChI is InChI=1S/C13H14N4O2S/c1-8-11(14-13(19)16(3)12(8)18)17(4)15-9(2)10-6-5-7-20-10/h5-7H,1H2,2-4H3/b15-9+. The van der Waals surface area contributed by atoms with Crippen LogP contribution < -0.4 is 0 Å². The Balaban J connectivity index is 2.29. The van der Waals surface area contributed by atoms with Crippen molar-refractivity contribution in [3.63, 3.8) is 0 Å². The van der Waals surface area contributed by atoms with Crippen molar-refractivity contribution >= 4 is 34.8 Å². The summed E-state index contributed by atoms with van der Waals surface area (Å²) in [4.78, 5) is 29.2. The molecule has 0 bridgehead atoms. The van der Waals surface area contributed by atoms with Crippen molar-refractivity contribution in [1.29, 1.82) is 0 Å². The minimum absolute atomic E-state index is 0.150. The highest BCUT2D eigenvalue weighted by Crippen LogP contribution is 2.15. The van der Waals surface area contributed by atoms with Gasteiger partial charge in [-0.1, -0.05) is 12.6 Å². The minimum atomic E-state index is -0.617. The van der Waals surface area contributed by atoms with Crippen LogP contribution in [0.4, 0.5) is 4.79 Å². The molecular weight excluding hydrogens is 276 g/mol. The molecule has 3 amide bonds. The Hall–Kier alpha value is -2.28. The zero-order chi connectivity index (χ0) is 14.9. The highest BCUT2D eigenvalue weighted by atomic mass is 32.1. The third-order valence-corrected chi connectivity index (χ3v) is 3.78. The summed E-state index contributed by atoms with van der Waals surface area (Å²) in [7, 11) is 3.00. The van der Waals surface area contributed by atoms with Crippen LogP contribution in [-0.2, 0) is 4.79 Å². The van der Waals surface area contributed by atoms with E-state index in [2.05, 4.69) is 16.7 Å². The molecule has 1 aliphatic rings. The van der Waals surface area contributed by atoms with E-state index in [9.17, 15) is 9.59 Å². The van der Waals surface area contributed by atoms with Crippen molar-refractivity contribution in [1.82, 2.24) is 9.91 Å². The van der Waals surface area contributed by atoms with Crippen molar-refractivity contribution in [2.75, 3.05) is 14.1 Å². The van der Waals surface area contributed by atoms with E-state index < -0.39 is 11.9 Å². The maximum atomic E-state index is 11.8. The lowest BCUT2D eigenvalue weighted by Crippen LogP contribution is -2.42. The maximum absolute atomic E-state index is 11.8. The number of nitrogens with zero attached hydrogens (tertiary/aromatic N) is 4. The fourth-order valence-corrected chi connectivity index (χ4v) is 2.36. The second kappa shape index (κ2) is 5.38. The molecule has 0 aromatic carbocycles. The van der Waals surface area contributed by atoms with Gasteiger partial charge in [0.05, 0.1) is 16.2 Å². The lowest BCUT2D eigenvalue weighted by atomic mass is 10.2. The van der Waals surface area contributed by atoms with Crippen LogP contribution in [0.2, 0.25) is 0 Å². The van der Waals surface area contributed by atoms with Crippen LogP contribution in [0.5, 0.6) is 0 Å². The summed E-state index contributed by atoms with van der Waals surface area (Å²) >= 11 is 1.56. The van der Waals surface area contributed by atoms with Gasteiger partial charge in [0.15, 0.2) is 5.84 Å². The van der Waals surface area contributed by atoms with Crippen molar-refractivity contribution in [3.05, 3.63) is 34.5 Å². The van der Waals surface area contributed by atoms with Gasteiger partial charge in [0.25, 0.3) is 5.91 Å². The number of imide groups is 1. The number of aliphatic imine (C=N–C) groups is 1. The summed E-state index contributed by atoms with van der Waals surface area (Å²) in [5, 5.41) is 7.69. The van der Waals surface area contributed by atoms with Crippen LogP contribution in [0.3, 0.4) is 0 Å². The summed E-state index contributed by atoms with van der Waals surface area (Å²) in [6.45, 7) is 5.52. The molecule has 2 heterocycles. The number of carbonyl (C=O) groups is 2. The molecule has 0 radical (unpaired) electrons. The van der Waals surface area contributed by atoms with E-state index in [1.165, 1.54) is 12.1 Å². The second-order valence-corrected chi connectivity index (χ2v) is 5.19. The smallest absolute Gasteiger partial charge is 0.268 e. The van der Waals surface area contributed by atoms with Gasteiger partial charge in [-0.05, 0) is 18.4 Å². The number of hydrogen-bond donors (Lipinski definition) is 0. The minimum Gasteiger partial charge on any atom is -0.268 e. The van der Waals surface area contributed by atoms with Gasteiger partial charge in [0, 0.05) is 14.1 Å². The molecule has 0 saturated carbocycles. The van der Waals surface area contributed by atoms with Crippen LogP contribution in [0.1, 0.15) is 11.8 Å². The van der Waals surface area contributed by atoms with Gasteiger partial charge in [0.1, 0.15) is 0 Å². The topological polar surface area (TPSA) is 65.3 Å². The van der Waals surface area contributed by atoms with Crippen LogP contribution in [0, 0.1) is 0 Å². The average Bonchev–Trinajstić information content (AvgIpc) is 2.94. The van der Waals surface area contributed by atoms with E-state index in [1.54, 1.807) is 18.4 Å². The summed E-state index contributed by atoms with van der Waals surface area (Å²) in [5.41, 5.74) is 0.925. The number of amidine groups is 1. The molecule has 0 fully saturated rings. The molecule has 20 heavy (non-hydrogen) atoms. The molecule has 0 N–H and O–H groups in total. The summed E-state index contributed by atoms with van der Waals surface area (Å²) < 4.78 is 0. The number of rotatable bonds is 2. The van der Waals surface area contributed by atoms with Gasteiger partial charge in [0.2, 0.25) is 0 Å². The Labute approximate surface area is 120 Å². The van der Waals surface area contributed by atoms with Crippen molar-refractivity contribution in [2.24, 2.45) is 10.1 Å². The Morgan fingerprint density at radius 1 is 1.50 bits per heavy atom.